The minimum Gasteiger partial charge on any atom is -0.314 e. The maximum absolute atomic E-state index is 13.7. The fourth-order valence-corrected chi connectivity index (χ4v) is 4.18. The maximum atomic E-state index is 13.7. The van der Waals surface area contributed by atoms with Crippen molar-refractivity contribution in [3.05, 3.63) is 34.5 Å². The van der Waals surface area contributed by atoms with Crippen LogP contribution in [0.1, 0.15) is 5.56 Å². The Labute approximate surface area is 111 Å². The third kappa shape index (κ3) is 2.20. The molecule has 1 aromatic rings. The molecular weight excluding hydrogens is 267 g/mol. The number of hydrogen-bond acceptors (Lipinski definition) is 4. The van der Waals surface area contributed by atoms with Gasteiger partial charge in [0.2, 0.25) is 9.84 Å². The van der Waals surface area contributed by atoms with Gasteiger partial charge in [0.25, 0.3) is 0 Å². The highest BCUT2D eigenvalue weighted by Gasteiger charge is 2.33. The van der Waals surface area contributed by atoms with Crippen LogP contribution in [0.25, 0.3) is 6.08 Å². The summed E-state index contributed by atoms with van der Waals surface area (Å²) in [5.74, 6) is -0.663. The number of sulfone groups is 1. The highest BCUT2D eigenvalue weighted by atomic mass is 32.2. The van der Waals surface area contributed by atoms with E-state index in [4.69, 9.17) is 0 Å². The topological polar surface area (TPSA) is 49.4 Å². The molecule has 0 amide bonds. The van der Waals surface area contributed by atoms with Crippen molar-refractivity contribution in [2.45, 2.75) is 4.90 Å². The first-order chi connectivity index (χ1) is 9.09. The smallest absolute Gasteiger partial charge is 0.207 e. The number of fused-ring (bicyclic) bond motifs is 1. The second-order valence-electron chi connectivity index (χ2n) is 4.80. The summed E-state index contributed by atoms with van der Waals surface area (Å²) in [5.41, 5.74) is 0.463. The second-order valence-corrected chi connectivity index (χ2v) is 6.74. The molecular formula is C13H15FN2O2S. The van der Waals surface area contributed by atoms with Gasteiger partial charge in [-0.2, -0.15) is 0 Å². The number of nitrogens with zero attached hydrogens (tertiary/aromatic N) is 1. The Morgan fingerprint density at radius 2 is 2.00 bits per heavy atom. The zero-order valence-electron chi connectivity index (χ0n) is 10.4. The van der Waals surface area contributed by atoms with Gasteiger partial charge < -0.3 is 5.32 Å². The first-order valence-electron chi connectivity index (χ1n) is 6.26. The molecule has 4 nitrogen and oxygen atoms in total. The Hall–Kier alpha value is -1.24. The van der Waals surface area contributed by atoms with E-state index in [2.05, 4.69) is 10.2 Å². The molecule has 2 heterocycles. The molecule has 1 N–H and O–H groups in total. The van der Waals surface area contributed by atoms with Gasteiger partial charge in [-0.25, -0.2) is 12.8 Å². The molecule has 1 fully saturated rings. The molecule has 0 saturated carbocycles. The van der Waals surface area contributed by atoms with Crippen molar-refractivity contribution in [3.8, 4) is 0 Å². The van der Waals surface area contributed by atoms with Gasteiger partial charge in [-0.1, -0.05) is 12.1 Å². The molecule has 0 aromatic heterocycles. The third-order valence-corrected chi connectivity index (χ3v) is 5.42. The lowest BCUT2D eigenvalue weighted by molar-refractivity contribution is 0.263. The molecule has 102 valence electrons. The molecule has 0 unspecified atom stereocenters. The fourth-order valence-electron chi connectivity index (χ4n) is 2.53. The van der Waals surface area contributed by atoms with Crippen LogP contribution in [-0.2, 0) is 9.84 Å². The van der Waals surface area contributed by atoms with E-state index < -0.39 is 15.7 Å². The first-order valence-corrected chi connectivity index (χ1v) is 7.74. The van der Waals surface area contributed by atoms with Crippen molar-refractivity contribution in [2.24, 2.45) is 0 Å². The minimum atomic E-state index is -3.65. The van der Waals surface area contributed by atoms with Crippen LogP contribution in [0.15, 0.2) is 28.0 Å². The lowest BCUT2D eigenvalue weighted by Gasteiger charge is -2.27. The predicted octanol–water partition coefficient (Wildman–Crippen LogP) is 0.859. The summed E-state index contributed by atoms with van der Waals surface area (Å²) in [4.78, 5) is 2.21. The van der Waals surface area contributed by atoms with E-state index in [9.17, 15) is 12.8 Å². The van der Waals surface area contributed by atoms with Gasteiger partial charge in [-0.3, -0.25) is 4.90 Å². The molecule has 1 aromatic carbocycles. The zero-order chi connectivity index (χ0) is 13.5. The Balaban J connectivity index is 1.91. The number of nitrogens with one attached hydrogen (secondary N) is 1. The van der Waals surface area contributed by atoms with Crippen molar-refractivity contribution in [1.29, 1.82) is 0 Å². The first kappa shape index (κ1) is 12.8. The van der Waals surface area contributed by atoms with Gasteiger partial charge in [-0.05, 0) is 17.7 Å². The molecule has 2 aliphatic heterocycles. The summed E-state index contributed by atoms with van der Waals surface area (Å²) < 4.78 is 38.4. The Morgan fingerprint density at radius 1 is 1.26 bits per heavy atom. The molecule has 1 saturated heterocycles. The molecule has 0 atom stereocenters. The molecule has 19 heavy (non-hydrogen) atoms. The van der Waals surface area contributed by atoms with Gasteiger partial charge >= 0.3 is 0 Å². The van der Waals surface area contributed by atoms with E-state index in [0.717, 1.165) is 26.2 Å². The Morgan fingerprint density at radius 3 is 2.68 bits per heavy atom. The van der Waals surface area contributed by atoms with E-state index >= 15 is 0 Å². The highest BCUT2D eigenvalue weighted by molar-refractivity contribution is 7.95. The molecule has 0 bridgehead atoms. The van der Waals surface area contributed by atoms with Gasteiger partial charge in [0.05, 0.1) is 4.91 Å². The number of hydrogen-bond donors (Lipinski definition) is 1. The van der Waals surface area contributed by atoms with Crippen LogP contribution in [0, 0.1) is 5.82 Å². The fraction of sp³-hybridized carbons (Fsp3) is 0.385. The van der Waals surface area contributed by atoms with Crippen molar-refractivity contribution in [1.82, 2.24) is 10.2 Å². The molecule has 6 heteroatoms. The van der Waals surface area contributed by atoms with Crippen LogP contribution in [0.4, 0.5) is 4.39 Å². The van der Waals surface area contributed by atoms with Crippen LogP contribution >= 0.6 is 0 Å². The van der Waals surface area contributed by atoms with E-state index in [1.54, 1.807) is 12.1 Å². The summed E-state index contributed by atoms with van der Waals surface area (Å²) in [6, 6.07) is 4.37. The average molecular weight is 282 g/mol. The summed E-state index contributed by atoms with van der Waals surface area (Å²) in [7, 11) is -3.65. The Kier molecular flexibility index (Phi) is 3.16. The van der Waals surface area contributed by atoms with Crippen molar-refractivity contribution in [3.63, 3.8) is 0 Å². The number of piperazine rings is 1. The Bertz CT molecular complexity index is 634. The second kappa shape index (κ2) is 4.70. The van der Waals surface area contributed by atoms with Crippen molar-refractivity contribution < 1.29 is 12.8 Å². The average Bonchev–Trinajstić information content (AvgIpc) is 2.63. The predicted molar refractivity (Wildman–Crippen MR) is 70.9 cm³/mol. The molecule has 0 radical (unpaired) electrons. The molecule has 2 aliphatic rings. The largest absolute Gasteiger partial charge is 0.314 e. The zero-order valence-corrected chi connectivity index (χ0v) is 11.2. The third-order valence-electron chi connectivity index (χ3n) is 3.52. The van der Waals surface area contributed by atoms with Gasteiger partial charge in [0, 0.05) is 32.7 Å². The summed E-state index contributed by atoms with van der Waals surface area (Å²) >= 11 is 0. The van der Waals surface area contributed by atoms with E-state index in [-0.39, 0.29) is 4.90 Å². The molecule has 3 rings (SSSR count). The summed E-state index contributed by atoms with van der Waals surface area (Å²) in [6.45, 7) is 3.69. The lowest BCUT2D eigenvalue weighted by Crippen LogP contribution is -2.44. The number of halogens is 1. The van der Waals surface area contributed by atoms with Crippen LogP contribution in [-0.4, -0.2) is 46.0 Å². The van der Waals surface area contributed by atoms with Gasteiger partial charge in [0.1, 0.15) is 10.7 Å². The SMILES string of the molecule is O=S1(=O)C(CN2CCNCC2)=Cc2cccc(F)c21. The maximum Gasteiger partial charge on any atom is 0.207 e. The van der Waals surface area contributed by atoms with Gasteiger partial charge in [-0.15, -0.1) is 0 Å². The quantitative estimate of drug-likeness (QED) is 0.874. The highest BCUT2D eigenvalue weighted by Crippen LogP contribution is 2.34. The van der Waals surface area contributed by atoms with Crippen LogP contribution in [0.3, 0.4) is 0 Å². The molecule has 0 aliphatic carbocycles. The normalized spacial score (nSPS) is 22.1. The monoisotopic (exact) mass is 282 g/mol. The van der Waals surface area contributed by atoms with Crippen molar-refractivity contribution >= 4 is 15.9 Å². The van der Waals surface area contributed by atoms with Gasteiger partial charge in [0.15, 0.2) is 0 Å². The summed E-state index contributed by atoms with van der Waals surface area (Å²) in [6.07, 6.45) is 1.59. The minimum absolute atomic E-state index is 0.167. The standard InChI is InChI=1S/C13H15FN2O2S/c14-12-3-1-2-10-8-11(19(17,18)13(10)12)9-16-6-4-15-5-7-16/h1-3,8,15H,4-7,9H2. The van der Waals surface area contributed by atoms with Crippen LogP contribution < -0.4 is 5.32 Å². The summed E-state index contributed by atoms with van der Waals surface area (Å²) in [5, 5.41) is 3.22. The molecule has 0 spiro atoms. The van der Waals surface area contributed by atoms with E-state index in [1.807, 2.05) is 0 Å². The van der Waals surface area contributed by atoms with Crippen LogP contribution in [0.2, 0.25) is 0 Å². The van der Waals surface area contributed by atoms with E-state index in [1.165, 1.54) is 12.1 Å². The lowest BCUT2D eigenvalue weighted by atomic mass is 10.2. The van der Waals surface area contributed by atoms with E-state index in [0.29, 0.717) is 17.0 Å². The van der Waals surface area contributed by atoms with Crippen molar-refractivity contribution in [2.75, 3.05) is 32.7 Å². The van der Waals surface area contributed by atoms with Crippen LogP contribution in [0.5, 0.6) is 0 Å². The number of benzene rings is 1. The number of rotatable bonds is 2.